The van der Waals surface area contributed by atoms with Gasteiger partial charge in [-0.15, -0.1) is 10.2 Å². The molecule has 0 fully saturated rings. The van der Waals surface area contributed by atoms with Gasteiger partial charge in [-0.1, -0.05) is 17.7 Å². The van der Waals surface area contributed by atoms with E-state index in [1.807, 2.05) is 31.3 Å². The maximum Gasteiger partial charge on any atom is 0.251 e. The van der Waals surface area contributed by atoms with Crippen LogP contribution in [0.5, 0.6) is 0 Å². The number of aromatic nitrogens is 5. The third kappa shape index (κ3) is 4.15. The molecule has 0 aliphatic carbocycles. The van der Waals surface area contributed by atoms with Gasteiger partial charge in [0, 0.05) is 41.7 Å². The molecule has 0 aliphatic heterocycles. The molecule has 1 N–H and O–H groups in total. The lowest BCUT2D eigenvalue weighted by molar-refractivity contribution is 0.0949. The molecule has 4 aromatic heterocycles. The molecule has 5 aromatic rings. The van der Waals surface area contributed by atoms with Crippen LogP contribution in [0.2, 0.25) is 5.02 Å². The zero-order chi connectivity index (χ0) is 22.1. The third-order valence-corrected chi connectivity index (χ3v) is 5.41. The second-order valence-corrected chi connectivity index (χ2v) is 8.06. The highest BCUT2D eigenvalue weighted by atomic mass is 35.5. The topological polar surface area (TPSA) is 85.1 Å². The third-order valence-electron chi connectivity index (χ3n) is 5.19. The lowest BCUT2D eigenvalue weighted by Crippen LogP contribution is -2.24. The van der Waals surface area contributed by atoms with Crippen molar-refractivity contribution in [2.75, 3.05) is 0 Å². The zero-order valence-corrected chi connectivity index (χ0v) is 18.0. The number of hydrogen-bond donors (Lipinski definition) is 1. The van der Waals surface area contributed by atoms with Gasteiger partial charge in [0.15, 0.2) is 11.5 Å². The molecule has 0 spiro atoms. The predicted molar refractivity (Wildman–Crippen MR) is 123 cm³/mol. The Morgan fingerprint density at radius 3 is 2.88 bits per heavy atom. The molecule has 5 rings (SSSR count). The molecule has 1 amide bonds. The van der Waals surface area contributed by atoms with Gasteiger partial charge in [-0.25, -0.2) is 0 Å². The summed E-state index contributed by atoms with van der Waals surface area (Å²) in [6, 6.07) is 15.3. The van der Waals surface area contributed by atoms with Crippen molar-refractivity contribution in [1.29, 1.82) is 0 Å². The number of nitrogens with zero attached hydrogens (tertiary/aromatic N) is 5. The van der Waals surface area contributed by atoms with Gasteiger partial charge in [-0.2, -0.15) is 0 Å². The Balaban J connectivity index is 1.31. The molecule has 8 heteroatoms. The zero-order valence-electron chi connectivity index (χ0n) is 17.3. The Morgan fingerprint density at radius 1 is 1.06 bits per heavy atom. The SMILES string of the molecule is Cc1cnc2ccc(Cc3cc(C(=O)NCc4nnc5ccc(Cl)cn45)ccn3)cc2c1. The fourth-order valence-corrected chi connectivity index (χ4v) is 3.78. The maximum absolute atomic E-state index is 12.7. The fraction of sp³-hybridized carbons (Fsp3) is 0.125. The molecule has 0 bridgehead atoms. The molecule has 0 aliphatic rings. The van der Waals surface area contributed by atoms with Crippen LogP contribution in [0.1, 0.15) is 33.0 Å². The highest BCUT2D eigenvalue weighted by Gasteiger charge is 2.11. The number of amides is 1. The van der Waals surface area contributed by atoms with Crippen molar-refractivity contribution in [1.82, 2.24) is 29.9 Å². The minimum atomic E-state index is -0.203. The van der Waals surface area contributed by atoms with Crippen LogP contribution in [0.4, 0.5) is 0 Å². The molecular weight excluding hydrogens is 424 g/mol. The molecule has 1 aromatic carbocycles. The largest absolute Gasteiger partial charge is 0.345 e. The number of hydrogen-bond acceptors (Lipinski definition) is 5. The van der Waals surface area contributed by atoms with Gasteiger partial charge in [-0.05, 0) is 60.5 Å². The molecule has 32 heavy (non-hydrogen) atoms. The first kappa shape index (κ1) is 20.1. The Labute approximate surface area is 189 Å². The number of benzene rings is 1. The van der Waals surface area contributed by atoms with Crippen molar-refractivity contribution in [3.05, 3.63) is 100 Å². The molecule has 0 saturated heterocycles. The highest BCUT2D eigenvalue weighted by Crippen LogP contribution is 2.18. The summed E-state index contributed by atoms with van der Waals surface area (Å²) in [7, 11) is 0. The molecule has 7 nitrogen and oxygen atoms in total. The van der Waals surface area contributed by atoms with E-state index >= 15 is 0 Å². The Bertz CT molecular complexity index is 1460. The molecule has 0 radical (unpaired) electrons. The molecule has 0 saturated carbocycles. The van der Waals surface area contributed by atoms with Crippen molar-refractivity contribution < 1.29 is 4.79 Å². The summed E-state index contributed by atoms with van der Waals surface area (Å²) >= 11 is 6.06. The predicted octanol–water partition coefficient (Wildman–Crippen LogP) is 4.16. The quantitative estimate of drug-likeness (QED) is 0.442. The van der Waals surface area contributed by atoms with E-state index < -0.39 is 0 Å². The van der Waals surface area contributed by atoms with E-state index in [4.69, 9.17) is 11.6 Å². The Hall–Kier alpha value is -3.84. The summed E-state index contributed by atoms with van der Waals surface area (Å²) in [5.41, 5.74) is 5.22. The fourth-order valence-electron chi connectivity index (χ4n) is 3.62. The van der Waals surface area contributed by atoms with Gasteiger partial charge in [0.05, 0.1) is 17.1 Å². The van der Waals surface area contributed by atoms with Gasteiger partial charge >= 0.3 is 0 Å². The van der Waals surface area contributed by atoms with Crippen LogP contribution in [0, 0.1) is 6.92 Å². The number of nitrogens with one attached hydrogen (secondary N) is 1. The number of halogens is 1. The van der Waals surface area contributed by atoms with E-state index in [0.29, 0.717) is 28.5 Å². The standard InChI is InChI=1S/C24H19ClN6O/c1-15-8-18-9-16(2-4-21(18)27-12-15)10-20-11-17(6-7-26-20)24(32)28-13-23-30-29-22-5-3-19(25)14-31(22)23/h2-9,11-12,14H,10,13H2,1H3,(H,28,32). The van der Waals surface area contributed by atoms with Crippen molar-refractivity contribution in [2.45, 2.75) is 19.9 Å². The van der Waals surface area contributed by atoms with Crippen LogP contribution in [-0.4, -0.2) is 30.5 Å². The number of rotatable bonds is 5. The van der Waals surface area contributed by atoms with Gasteiger partial charge in [-0.3, -0.25) is 19.2 Å². The first-order valence-electron chi connectivity index (χ1n) is 10.1. The number of carbonyl (C=O) groups is 1. The summed E-state index contributed by atoms with van der Waals surface area (Å²) in [4.78, 5) is 21.6. The maximum atomic E-state index is 12.7. The van der Waals surface area contributed by atoms with E-state index in [1.54, 1.807) is 35.0 Å². The summed E-state index contributed by atoms with van der Waals surface area (Å²) in [5, 5.41) is 12.8. The van der Waals surface area contributed by atoms with Gasteiger partial charge in [0.2, 0.25) is 0 Å². The molecule has 158 valence electrons. The average molecular weight is 443 g/mol. The lowest BCUT2D eigenvalue weighted by atomic mass is 10.0. The van der Waals surface area contributed by atoms with E-state index in [1.165, 1.54) is 0 Å². The first-order chi connectivity index (χ1) is 15.5. The van der Waals surface area contributed by atoms with Crippen LogP contribution in [0.25, 0.3) is 16.6 Å². The second-order valence-electron chi connectivity index (χ2n) is 7.63. The number of carbonyl (C=O) groups excluding carboxylic acids is 1. The molecule has 0 unspecified atom stereocenters. The van der Waals surface area contributed by atoms with Crippen molar-refractivity contribution >= 4 is 34.1 Å². The normalized spacial score (nSPS) is 11.2. The Kier molecular flexibility index (Phi) is 5.25. The van der Waals surface area contributed by atoms with Gasteiger partial charge < -0.3 is 5.32 Å². The van der Waals surface area contributed by atoms with Crippen molar-refractivity contribution in [3.63, 3.8) is 0 Å². The Morgan fingerprint density at radius 2 is 1.97 bits per heavy atom. The summed E-state index contributed by atoms with van der Waals surface area (Å²) < 4.78 is 1.76. The summed E-state index contributed by atoms with van der Waals surface area (Å²) in [5.74, 6) is 0.399. The minimum Gasteiger partial charge on any atom is -0.345 e. The van der Waals surface area contributed by atoms with Crippen LogP contribution in [0.3, 0.4) is 0 Å². The van der Waals surface area contributed by atoms with Crippen LogP contribution in [-0.2, 0) is 13.0 Å². The summed E-state index contributed by atoms with van der Waals surface area (Å²) in [6.07, 6.45) is 5.87. The van der Waals surface area contributed by atoms with E-state index in [-0.39, 0.29) is 12.5 Å². The minimum absolute atomic E-state index is 0.203. The molecule has 4 heterocycles. The first-order valence-corrected chi connectivity index (χ1v) is 10.5. The smallest absolute Gasteiger partial charge is 0.251 e. The van der Waals surface area contributed by atoms with Crippen LogP contribution in [0.15, 0.2) is 67.1 Å². The van der Waals surface area contributed by atoms with Crippen LogP contribution < -0.4 is 5.32 Å². The molecular formula is C24H19ClN6O. The highest BCUT2D eigenvalue weighted by molar-refractivity contribution is 6.30. The summed E-state index contributed by atoms with van der Waals surface area (Å²) in [6.45, 7) is 2.26. The second kappa shape index (κ2) is 8.36. The monoisotopic (exact) mass is 442 g/mol. The van der Waals surface area contributed by atoms with Gasteiger partial charge in [0.25, 0.3) is 5.91 Å². The van der Waals surface area contributed by atoms with E-state index in [9.17, 15) is 4.79 Å². The van der Waals surface area contributed by atoms with E-state index in [2.05, 4.69) is 37.6 Å². The van der Waals surface area contributed by atoms with E-state index in [0.717, 1.165) is 27.7 Å². The average Bonchev–Trinajstić information content (AvgIpc) is 3.19. The van der Waals surface area contributed by atoms with Crippen molar-refractivity contribution in [3.8, 4) is 0 Å². The molecule has 0 atom stereocenters. The number of aryl methyl sites for hydroxylation is 1. The van der Waals surface area contributed by atoms with Crippen molar-refractivity contribution in [2.24, 2.45) is 0 Å². The van der Waals surface area contributed by atoms with Crippen LogP contribution >= 0.6 is 11.6 Å². The van der Waals surface area contributed by atoms with Gasteiger partial charge in [0.1, 0.15) is 0 Å². The number of pyridine rings is 3. The number of fused-ring (bicyclic) bond motifs is 2. The lowest BCUT2D eigenvalue weighted by Gasteiger charge is -2.07.